The van der Waals surface area contributed by atoms with Gasteiger partial charge in [0, 0.05) is 31.9 Å². The number of aliphatic hydroxyl groups is 1. The van der Waals surface area contributed by atoms with Crippen LogP contribution in [0.5, 0.6) is 0 Å². The predicted molar refractivity (Wildman–Crippen MR) is 115 cm³/mol. The molecule has 0 bridgehead atoms. The minimum atomic E-state index is -0.581. The number of nitrogens with zero attached hydrogens (tertiary/aromatic N) is 3. The second-order valence-corrected chi connectivity index (χ2v) is 7.85. The first-order chi connectivity index (χ1) is 13.6. The number of rotatable bonds is 4. The Hall–Kier alpha value is -2.53. The fourth-order valence-electron chi connectivity index (χ4n) is 3.90. The highest BCUT2D eigenvalue weighted by Gasteiger charge is 2.16. The van der Waals surface area contributed by atoms with Crippen LogP contribution < -0.4 is 0 Å². The average molecular weight is 410 g/mol. The molecule has 0 spiro atoms. The SMILES string of the molecule is O[C@H](Cn1cnc2ccccc21)Cn1c2ccc(Cl)cc2c2cc(Cl)ccc21. The molecule has 140 valence electrons. The van der Waals surface area contributed by atoms with Gasteiger partial charge in [0.25, 0.3) is 0 Å². The molecule has 0 aliphatic rings. The van der Waals surface area contributed by atoms with Gasteiger partial charge < -0.3 is 14.2 Å². The minimum absolute atomic E-state index is 0.454. The van der Waals surface area contributed by atoms with Gasteiger partial charge in [-0.15, -0.1) is 0 Å². The van der Waals surface area contributed by atoms with Crippen LogP contribution in [0.4, 0.5) is 0 Å². The van der Waals surface area contributed by atoms with Crippen LogP contribution in [0.3, 0.4) is 0 Å². The molecule has 28 heavy (non-hydrogen) atoms. The van der Waals surface area contributed by atoms with Crippen molar-refractivity contribution in [2.24, 2.45) is 0 Å². The summed E-state index contributed by atoms with van der Waals surface area (Å²) >= 11 is 12.4. The van der Waals surface area contributed by atoms with Gasteiger partial charge in [-0.05, 0) is 48.5 Å². The van der Waals surface area contributed by atoms with E-state index in [0.29, 0.717) is 23.1 Å². The maximum Gasteiger partial charge on any atom is 0.0959 e. The van der Waals surface area contributed by atoms with Gasteiger partial charge in [0.15, 0.2) is 0 Å². The molecule has 0 radical (unpaired) electrons. The van der Waals surface area contributed by atoms with Crippen molar-refractivity contribution in [1.29, 1.82) is 0 Å². The van der Waals surface area contributed by atoms with Crippen molar-refractivity contribution in [3.05, 3.63) is 77.0 Å². The highest BCUT2D eigenvalue weighted by molar-refractivity contribution is 6.33. The van der Waals surface area contributed by atoms with Gasteiger partial charge in [-0.1, -0.05) is 35.3 Å². The van der Waals surface area contributed by atoms with Gasteiger partial charge in [0.05, 0.1) is 36.6 Å². The van der Waals surface area contributed by atoms with Crippen LogP contribution >= 0.6 is 23.2 Å². The molecule has 0 aliphatic carbocycles. The lowest BCUT2D eigenvalue weighted by atomic mass is 10.1. The Morgan fingerprint density at radius 1 is 0.821 bits per heavy atom. The lowest BCUT2D eigenvalue weighted by Gasteiger charge is -2.15. The number of benzene rings is 3. The number of hydrogen-bond donors (Lipinski definition) is 1. The number of para-hydroxylation sites is 2. The zero-order valence-corrected chi connectivity index (χ0v) is 16.4. The van der Waals surface area contributed by atoms with E-state index in [9.17, 15) is 5.11 Å². The summed E-state index contributed by atoms with van der Waals surface area (Å²) in [6, 6.07) is 19.5. The van der Waals surface area contributed by atoms with Gasteiger partial charge in [0.1, 0.15) is 0 Å². The molecule has 5 rings (SSSR count). The van der Waals surface area contributed by atoms with Crippen LogP contribution in [0.1, 0.15) is 0 Å². The van der Waals surface area contributed by atoms with E-state index in [1.165, 1.54) is 0 Å². The van der Waals surface area contributed by atoms with E-state index in [0.717, 1.165) is 32.8 Å². The van der Waals surface area contributed by atoms with Gasteiger partial charge >= 0.3 is 0 Å². The predicted octanol–water partition coefficient (Wildman–Crippen LogP) is 5.51. The standard InChI is InChI=1S/C22H17Cl2N3O/c23-14-5-7-20-17(9-14)18-10-15(24)6-8-21(18)27(20)12-16(28)11-26-13-25-19-3-1-2-4-22(19)26/h1-10,13,16,28H,11-12H2/t16-/m1/s1. The molecule has 2 aromatic heterocycles. The number of aromatic nitrogens is 3. The fourth-order valence-corrected chi connectivity index (χ4v) is 4.24. The number of imidazole rings is 1. The molecular formula is C22H17Cl2N3O. The van der Waals surface area contributed by atoms with Crippen LogP contribution in [0.25, 0.3) is 32.8 Å². The average Bonchev–Trinajstić information content (AvgIpc) is 3.21. The topological polar surface area (TPSA) is 43.0 Å². The van der Waals surface area contributed by atoms with Crippen molar-refractivity contribution in [2.45, 2.75) is 19.2 Å². The minimum Gasteiger partial charge on any atom is -0.389 e. The number of aliphatic hydroxyl groups excluding tert-OH is 1. The van der Waals surface area contributed by atoms with Crippen LogP contribution in [-0.2, 0) is 13.1 Å². The van der Waals surface area contributed by atoms with E-state index in [1.54, 1.807) is 6.33 Å². The zero-order valence-electron chi connectivity index (χ0n) is 14.9. The van der Waals surface area contributed by atoms with Crippen molar-refractivity contribution in [2.75, 3.05) is 0 Å². The van der Waals surface area contributed by atoms with Crippen molar-refractivity contribution >= 4 is 56.0 Å². The molecular weight excluding hydrogens is 393 g/mol. The van der Waals surface area contributed by atoms with Crippen LogP contribution in [0.2, 0.25) is 10.0 Å². The number of fused-ring (bicyclic) bond motifs is 4. The quantitative estimate of drug-likeness (QED) is 0.425. The number of hydrogen-bond acceptors (Lipinski definition) is 2. The second-order valence-electron chi connectivity index (χ2n) is 6.97. The summed E-state index contributed by atoms with van der Waals surface area (Å²) in [6.45, 7) is 0.915. The first-order valence-corrected chi connectivity index (χ1v) is 9.81. The third-order valence-electron chi connectivity index (χ3n) is 5.12. The fraction of sp³-hybridized carbons (Fsp3) is 0.136. The highest BCUT2D eigenvalue weighted by Crippen LogP contribution is 2.33. The normalized spacial score (nSPS) is 13.0. The van der Waals surface area contributed by atoms with E-state index >= 15 is 0 Å². The maximum atomic E-state index is 10.9. The molecule has 0 saturated carbocycles. The Morgan fingerprint density at radius 2 is 1.46 bits per heavy atom. The molecule has 6 heteroatoms. The Labute approximate surface area is 171 Å². The molecule has 0 amide bonds. The summed E-state index contributed by atoms with van der Waals surface area (Å²) in [4.78, 5) is 4.40. The smallest absolute Gasteiger partial charge is 0.0959 e. The molecule has 4 nitrogen and oxygen atoms in total. The molecule has 0 saturated heterocycles. The largest absolute Gasteiger partial charge is 0.389 e. The molecule has 5 aromatic rings. The molecule has 2 heterocycles. The van der Waals surface area contributed by atoms with Crippen LogP contribution in [0, 0.1) is 0 Å². The maximum absolute atomic E-state index is 10.9. The van der Waals surface area contributed by atoms with E-state index in [-0.39, 0.29) is 0 Å². The van der Waals surface area contributed by atoms with Crippen LogP contribution in [-0.4, -0.2) is 25.3 Å². The van der Waals surface area contributed by atoms with E-state index in [1.807, 2.05) is 65.2 Å². The highest BCUT2D eigenvalue weighted by atomic mass is 35.5. The van der Waals surface area contributed by atoms with E-state index in [2.05, 4.69) is 9.55 Å². The number of halogens is 2. The lowest BCUT2D eigenvalue weighted by molar-refractivity contribution is 0.138. The molecule has 1 atom stereocenters. The van der Waals surface area contributed by atoms with Crippen molar-refractivity contribution in [3.8, 4) is 0 Å². The van der Waals surface area contributed by atoms with Gasteiger partial charge in [-0.3, -0.25) is 0 Å². The van der Waals surface area contributed by atoms with E-state index < -0.39 is 6.10 Å². The molecule has 1 N–H and O–H groups in total. The van der Waals surface area contributed by atoms with Crippen LogP contribution in [0.15, 0.2) is 67.0 Å². The first-order valence-electron chi connectivity index (χ1n) is 9.05. The summed E-state index contributed by atoms with van der Waals surface area (Å²) in [5, 5.41) is 14.3. The molecule has 0 unspecified atom stereocenters. The third-order valence-corrected chi connectivity index (χ3v) is 5.59. The Balaban J connectivity index is 1.55. The Bertz CT molecular complexity index is 1260. The lowest BCUT2D eigenvalue weighted by Crippen LogP contribution is -2.21. The van der Waals surface area contributed by atoms with Crippen molar-refractivity contribution in [3.63, 3.8) is 0 Å². The van der Waals surface area contributed by atoms with E-state index in [4.69, 9.17) is 23.2 Å². The van der Waals surface area contributed by atoms with Gasteiger partial charge in [0.2, 0.25) is 0 Å². The molecule has 0 fully saturated rings. The summed E-state index contributed by atoms with van der Waals surface area (Å²) in [6.07, 6.45) is 1.20. The van der Waals surface area contributed by atoms with Crippen molar-refractivity contribution < 1.29 is 5.11 Å². The monoisotopic (exact) mass is 409 g/mol. The molecule has 0 aliphatic heterocycles. The zero-order chi connectivity index (χ0) is 19.3. The summed E-state index contributed by atoms with van der Waals surface area (Å²) in [5.74, 6) is 0. The Morgan fingerprint density at radius 3 is 2.14 bits per heavy atom. The summed E-state index contributed by atoms with van der Waals surface area (Å²) in [5.41, 5.74) is 3.99. The molecule has 3 aromatic carbocycles. The summed E-state index contributed by atoms with van der Waals surface area (Å²) in [7, 11) is 0. The second kappa shape index (κ2) is 6.82. The third kappa shape index (κ3) is 2.94. The van der Waals surface area contributed by atoms with Gasteiger partial charge in [-0.25, -0.2) is 4.98 Å². The summed E-state index contributed by atoms with van der Waals surface area (Å²) < 4.78 is 4.11. The first kappa shape index (κ1) is 17.6. The van der Waals surface area contributed by atoms with Gasteiger partial charge in [-0.2, -0.15) is 0 Å². The Kier molecular flexibility index (Phi) is 4.27. The van der Waals surface area contributed by atoms with Crippen molar-refractivity contribution in [1.82, 2.24) is 14.1 Å².